The lowest BCUT2D eigenvalue weighted by molar-refractivity contribution is -0.127. The summed E-state index contributed by atoms with van der Waals surface area (Å²) in [4.78, 5) is 12.7. The molecule has 0 spiro atoms. The number of benzene rings is 2. The Kier molecular flexibility index (Phi) is 6.50. The maximum atomic E-state index is 12.7. The van der Waals surface area contributed by atoms with E-state index in [4.69, 9.17) is 9.47 Å². The lowest BCUT2D eigenvalue weighted by Crippen LogP contribution is -2.51. The molecule has 1 N–H and O–H groups in total. The molecule has 7 nitrogen and oxygen atoms in total. The van der Waals surface area contributed by atoms with Gasteiger partial charge in [0.2, 0.25) is 10.0 Å². The molecule has 2 aromatic rings. The average Bonchev–Trinajstić information content (AvgIpc) is 2.68. The number of carbonyl (C=O) groups excluding carboxylic acids is 1. The number of sulfonamides is 1. The van der Waals surface area contributed by atoms with Crippen molar-refractivity contribution in [3.8, 4) is 11.5 Å². The van der Waals surface area contributed by atoms with Crippen LogP contribution in [0.2, 0.25) is 0 Å². The number of anilines is 1. The molecule has 8 heteroatoms. The number of nitrogens with zero attached hydrogens (tertiary/aromatic N) is 1. The maximum absolute atomic E-state index is 12.7. The van der Waals surface area contributed by atoms with E-state index >= 15 is 0 Å². The zero-order chi connectivity index (χ0) is 22.8. The summed E-state index contributed by atoms with van der Waals surface area (Å²) >= 11 is 0. The molecule has 1 aliphatic heterocycles. The van der Waals surface area contributed by atoms with E-state index in [1.54, 1.807) is 12.1 Å². The van der Waals surface area contributed by atoms with Crippen molar-refractivity contribution >= 4 is 21.6 Å². The van der Waals surface area contributed by atoms with Gasteiger partial charge in [0.25, 0.3) is 5.91 Å². The summed E-state index contributed by atoms with van der Waals surface area (Å²) in [5.41, 5.74) is 2.39. The van der Waals surface area contributed by atoms with Crippen LogP contribution in [0.4, 0.5) is 5.69 Å². The quantitative estimate of drug-likeness (QED) is 0.690. The largest absolute Gasteiger partial charge is 0.491 e. The normalized spacial score (nSPS) is 16.3. The van der Waals surface area contributed by atoms with Gasteiger partial charge in [0, 0.05) is 0 Å². The molecule has 1 heterocycles. The van der Waals surface area contributed by atoms with E-state index in [0.29, 0.717) is 11.4 Å². The van der Waals surface area contributed by atoms with Crippen LogP contribution < -0.4 is 19.1 Å². The highest BCUT2D eigenvalue weighted by atomic mass is 32.2. The van der Waals surface area contributed by atoms with Gasteiger partial charge in [-0.05, 0) is 41.7 Å². The van der Waals surface area contributed by atoms with E-state index in [2.05, 4.69) is 26.1 Å². The second kappa shape index (κ2) is 8.78. The molecule has 0 radical (unpaired) electrons. The fourth-order valence-corrected chi connectivity index (χ4v) is 4.39. The molecule has 0 bridgehead atoms. The molecule has 1 aliphatic rings. The smallest absolute Gasteiger partial charge is 0.263 e. The van der Waals surface area contributed by atoms with Crippen LogP contribution in [0.25, 0.3) is 0 Å². The van der Waals surface area contributed by atoms with E-state index in [0.717, 1.165) is 23.1 Å². The first-order valence-electron chi connectivity index (χ1n) is 10.2. The van der Waals surface area contributed by atoms with E-state index in [-0.39, 0.29) is 31.0 Å². The fourth-order valence-electron chi connectivity index (χ4n) is 3.47. The SMILES string of the molecule is Cc1ccc2c(c1)OC(C(=O)NCCOc1ccccc1C(C)(C)C)CN2S(C)(=O)=O. The van der Waals surface area contributed by atoms with Gasteiger partial charge in [-0.1, -0.05) is 45.0 Å². The predicted molar refractivity (Wildman–Crippen MR) is 121 cm³/mol. The molecule has 1 unspecified atom stereocenters. The Morgan fingerprint density at radius 2 is 1.94 bits per heavy atom. The molecule has 1 atom stereocenters. The van der Waals surface area contributed by atoms with Gasteiger partial charge in [-0.25, -0.2) is 8.42 Å². The summed E-state index contributed by atoms with van der Waals surface area (Å²) in [6, 6.07) is 13.1. The highest BCUT2D eigenvalue weighted by Crippen LogP contribution is 2.35. The Morgan fingerprint density at radius 1 is 1.23 bits per heavy atom. The number of carbonyl (C=O) groups is 1. The number of ether oxygens (including phenoxy) is 2. The zero-order valence-electron chi connectivity index (χ0n) is 18.6. The number of nitrogens with one attached hydrogen (secondary N) is 1. The lowest BCUT2D eigenvalue weighted by atomic mass is 9.86. The number of rotatable bonds is 6. The summed E-state index contributed by atoms with van der Waals surface area (Å²) in [6.07, 6.45) is 0.183. The number of hydrogen-bond donors (Lipinski definition) is 1. The fraction of sp³-hybridized carbons (Fsp3) is 0.435. The van der Waals surface area contributed by atoms with Gasteiger partial charge in [0.05, 0.1) is 25.0 Å². The van der Waals surface area contributed by atoms with Crippen molar-refractivity contribution in [2.45, 2.75) is 39.2 Å². The maximum Gasteiger partial charge on any atom is 0.263 e. The number of aryl methyl sites for hydroxylation is 1. The minimum Gasteiger partial charge on any atom is -0.491 e. The summed E-state index contributed by atoms with van der Waals surface area (Å²) in [5, 5.41) is 2.79. The van der Waals surface area contributed by atoms with E-state index in [1.165, 1.54) is 4.31 Å². The van der Waals surface area contributed by atoms with Gasteiger partial charge in [-0.15, -0.1) is 0 Å². The first kappa shape index (κ1) is 22.9. The third kappa shape index (κ3) is 5.50. The number of fused-ring (bicyclic) bond motifs is 1. The van der Waals surface area contributed by atoms with E-state index in [1.807, 2.05) is 37.3 Å². The van der Waals surface area contributed by atoms with Gasteiger partial charge in [0.1, 0.15) is 18.1 Å². The molecular weight excluding hydrogens is 416 g/mol. The second-order valence-corrected chi connectivity index (χ2v) is 10.7. The minimum atomic E-state index is -3.55. The molecule has 0 aliphatic carbocycles. The Bertz CT molecular complexity index is 1060. The van der Waals surface area contributed by atoms with Crippen molar-refractivity contribution < 1.29 is 22.7 Å². The van der Waals surface area contributed by atoms with Crippen LogP contribution >= 0.6 is 0 Å². The lowest BCUT2D eigenvalue weighted by Gasteiger charge is -2.34. The molecule has 0 aromatic heterocycles. The van der Waals surface area contributed by atoms with Crippen molar-refractivity contribution in [1.82, 2.24) is 5.32 Å². The Balaban J connectivity index is 1.63. The van der Waals surface area contributed by atoms with Crippen LogP contribution in [-0.4, -0.2) is 46.4 Å². The van der Waals surface area contributed by atoms with Crippen LogP contribution in [0.15, 0.2) is 42.5 Å². The molecule has 3 rings (SSSR count). The molecule has 0 saturated carbocycles. The summed E-state index contributed by atoms with van der Waals surface area (Å²) in [5.74, 6) is 0.784. The van der Waals surface area contributed by atoms with E-state index < -0.39 is 16.1 Å². The van der Waals surface area contributed by atoms with E-state index in [9.17, 15) is 13.2 Å². The van der Waals surface area contributed by atoms with Crippen molar-refractivity contribution in [2.75, 3.05) is 30.3 Å². The molecule has 168 valence electrons. The second-order valence-electron chi connectivity index (χ2n) is 8.76. The monoisotopic (exact) mass is 446 g/mol. The molecule has 0 saturated heterocycles. The molecule has 1 amide bonds. The summed E-state index contributed by atoms with van der Waals surface area (Å²) in [6.45, 7) is 8.71. The third-order valence-electron chi connectivity index (χ3n) is 5.03. The predicted octanol–water partition coefficient (Wildman–Crippen LogP) is 3.01. The third-order valence-corrected chi connectivity index (χ3v) is 6.18. The molecule has 0 fully saturated rings. The minimum absolute atomic E-state index is 0.0591. The van der Waals surface area contributed by atoms with Gasteiger partial charge >= 0.3 is 0 Å². The number of para-hydroxylation sites is 1. The van der Waals surface area contributed by atoms with Crippen molar-refractivity contribution in [3.63, 3.8) is 0 Å². The number of amides is 1. The zero-order valence-corrected chi connectivity index (χ0v) is 19.5. The molecule has 2 aromatic carbocycles. The van der Waals surface area contributed by atoms with Crippen molar-refractivity contribution in [1.29, 1.82) is 0 Å². The van der Waals surface area contributed by atoms with Crippen LogP contribution in [0, 0.1) is 6.92 Å². The van der Waals surface area contributed by atoms with Gasteiger partial charge in [-0.3, -0.25) is 9.10 Å². The standard InChI is InChI=1S/C23H30N2O5S/c1-16-10-11-18-20(14-16)30-21(15-25(18)31(5,27)28)22(26)24-12-13-29-19-9-7-6-8-17(19)23(2,3)4/h6-11,14,21H,12-13,15H2,1-5H3,(H,24,26). The first-order chi connectivity index (χ1) is 14.5. The molecular formula is C23H30N2O5S. The van der Waals surface area contributed by atoms with Crippen LogP contribution in [0.1, 0.15) is 31.9 Å². The van der Waals surface area contributed by atoms with Gasteiger partial charge in [-0.2, -0.15) is 0 Å². The van der Waals surface area contributed by atoms with Crippen LogP contribution in [0.3, 0.4) is 0 Å². The Hall–Kier alpha value is -2.74. The van der Waals surface area contributed by atoms with Crippen molar-refractivity contribution in [3.05, 3.63) is 53.6 Å². The topological polar surface area (TPSA) is 84.9 Å². The van der Waals surface area contributed by atoms with Gasteiger partial charge < -0.3 is 14.8 Å². The average molecular weight is 447 g/mol. The molecule has 31 heavy (non-hydrogen) atoms. The number of hydrogen-bond acceptors (Lipinski definition) is 5. The van der Waals surface area contributed by atoms with Crippen molar-refractivity contribution in [2.24, 2.45) is 0 Å². The highest BCUT2D eigenvalue weighted by molar-refractivity contribution is 7.92. The summed E-state index contributed by atoms with van der Waals surface area (Å²) in [7, 11) is -3.55. The van der Waals surface area contributed by atoms with Crippen LogP contribution in [0.5, 0.6) is 11.5 Å². The Labute approximate surface area is 184 Å². The summed E-state index contributed by atoms with van der Waals surface area (Å²) < 4.78 is 37.4. The van der Waals surface area contributed by atoms with Crippen LogP contribution in [-0.2, 0) is 20.2 Å². The first-order valence-corrected chi connectivity index (χ1v) is 12.1. The van der Waals surface area contributed by atoms with Gasteiger partial charge in [0.15, 0.2) is 6.10 Å². The highest BCUT2D eigenvalue weighted by Gasteiger charge is 2.35. The Morgan fingerprint density at radius 3 is 2.61 bits per heavy atom.